The highest BCUT2D eigenvalue weighted by atomic mass is 32.2. The molecule has 0 saturated carbocycles. The van der Waals surface area contributed by atoms with Crippen molar-refractivity contribution in [2.24, 2.45) is 0 Å². The fraction of sp³-hybridized carbons (Fsp3) is 0.316. The van der Waals surface area contributed by atoms with Crippen LogP contribution in [0.5, 0.6) is 5.75 Å². The number of carbonyl (C=O) groups is 1. The molecule has 2 aromatic carbocycles. The number of benzene rings is 2. The van der Waals surface area contributed by atoms with E-state index in [-0.39, 0.29) is 5.91 Å². The maximum absolute atomic E-state index is 12.6. The Bertz CT molecular complexity index is 862. The molecular formula is C19H24N3O4S+. The van der Waals surface area contributed by atoms with Crippen LogP contribution in [0.1, 0.15) is 0 Å². The van der Waals surface area contributed by atoms with Crippen LogP contribution in [0.15, 0.2) is 59.5 Å². The van der Waals surface area contributed by atoms with E-state index in [1.54, 1.807) is 61.7 Å². The van der Waals surface area contributed by atoms with E-state index in [2.05, 4.69) is 5.32 Å². The molecule has 0 spiro atoms. The van der Waals surface area contributed by atoms with Gasteiger partial charge in [-0.1, -0.05) is 18.2 Å². The lowest BCUT2D eigenvalue weighted by Crippen LogP contribution is -3.15. The van der Waals surface area contributed by atoms with E-state index in [4.69, 9.17) is 4.74 Å². The predicted molar refractivity (Wildman–Crippen MR) is 102 cm³/mol. The Balaban J connectivity index is 1.51. The Morgan fingerprint density at radius 3 is 2.30 bits per heavy atom. The summed E-state index contributed by atoms with van der Waals surface area (Å²) >= 11 is 0. The Morgan fingerprint density at radius 2 is 1.70 bits per heavy atom. The number of rotatable bonds is 6. The van der Waals surface area contributed by atoms with Crippen LogP contribution in [0.3, 0.4) is 0 Å². The van der Waals surface area contributed by atoms with Crippen LogP contribution in [0.4, 0.5) is 5.69 Å². The smallest absolute Gasteiger partial charge is 0.279 e. The van der Waals surface area contributed by atoms with Gasteiger partial charge in [-0.15, -0.1) is 0 Å². The maximum atomic E-state index is 12.6. The van der Waals surface area contributed by atoms with E-state index in [9.17, 15) is 13.2 Å². The van der Waals surface area contributed by atoms with Gasteiger partial charge in [0.1, 0.15) is 5.75 Å². The SMILES string of the molecule is COc1ccc(NC(=O)C[NH+]2CCN(S(=O)(=O)c3ccccc3)CC2)cc1. The van der Waals surface area contributed by atoms with Crippen LogP contribution >= 0.6 is 0 Å². The number of amides is 1. The second kappa shape index (κ2) is 8.51. The first-order valence-corrected chi connectivity index (χ1v) is 10.3. The number of nitrogens with one attached hydrogen (secondary N) is 2. The van der Waals surface area contributed by atoms with Crippen molar-refractivity contribution in [2.75, 3.05) is 45.2 Å². The number of anilines is 1. The van der Waals surface area contributed by atoms with Gasteiger partial charge in [-0.3, -0.25) is 4.79 Å². The van der Waals surface area contributed by atoms with Crippen molar-refractivity contribution in [3.63, 3.8) is 0 Å². The molecule has 8 heteroatoms. The Morgan fingerprint density at radius 1 is 1.07 bits per heavy atom. The van der Waals surface area contributed by atoms with Crippen LogP contribution in [-0.4, -0.2) is 58.5 Å². The summed E-state index contributed by atoms with van der Waals surface area (Å²) in [6.07, 6.45) is 0. The van der Waals surface area contributed by atoms with E-state index in [0.29, 0.717) is 43.3 Å². The summed E-state index contributed by atoms with van der Waals surface area (Å²) in [7, 11) is -1.87. The van der Waals surface area contributed by atoms with Crippen molar-refractivity contribution < 1.29 is 22.8 Å². The molecule has 7 nitrogen and oxygen atoms in total. The van der Waals surface area contributed by atoms with Gasteiger partial charge in [0.2, 0.25) is 10.0 Å². The summed E-state index contributed by atoms with van der Waals surface area (Å²) in [5, 5.41) is 2.86. The van der Waals surface area contributed by atoms with Crippen LogP contribution in [0, 0.1) is 0 Å². The third kappa shape index (κ3) is 4.85. The third-order valence-electron chi connectivity index (χ3n) is 4.59. The van der Waals surface area contributed by atoms with Crippen molar-refractivity contribution in [3.8, 4) is 5.75 Å². The van der Waals surface area contributed by atoms with Gasteiger partial charge in [-0.2, -0.15) is 4.31 Å². The van der Waals surface area contributed by atoms with Crippen LogP contribution in [0.25, 0.3) is 0 Å². The van der Waals surface area contributed by atoms with Gasteiger partial charge in [0.05, 0.1) is 38.2 Å². The zero-order valence-electron chi connectivity index (χ0n) is 15.2. The Kier molecular flexibility index (Phi) is 6.10. The number of carbonyl (C=O) groups excluding carboxylic acids is 1. The molecule has 3 rings (SSSR count). The maximum Gasteiger partial charge on any atom is 0.279 e. The van der Waals surface area contributed by atoms with Crippen molar-refractivity contribution in [3.05, 3.63) is 54.6 Å². The average Bonchev–Trinajstić information content (AvgIpc) is 2.69. The van der Waals surface area contributed by atoms with Crippen molar-refractivity contribution >= 4 is 21.6 Å². The summed E-state index contributed by atoms with van der Waals surface area (Å²) in [5.41, 5.74) is 0.713. The molecule has 0 unspecified atom stereocenters. The molecule has 0 aromatic heterocycles. The number of hydrogen-bond acceptors (Lipinski definition) is 4. The number of sulfonamides is 1. The van der Waals surface area contributed by atoms with Crippen LogP contribution < -0.4 is 15.0 Å². The highest BCUT2D eigenvalue weighted by Crippen LogP contribution is 2.15. The molecular weight excluding hydrogens is 366 g/mol. The lowest BCUT2D eigenvalue weighted by atomic mass is 10.3. The Labute approximate surface area is 159 Å². The fourth-order valence-corrected chi connectivity index (χ4v) is 4.53. The summed E-state index contributed by atoms with van der Waals surface area (Å²) in [5.74, 6) is 0.643. The molecule has 1 aliphatic heterocycles. The van der Waals surface area contributed by atoms with Gasteiger partial charge in [-0.25, -0.2) is 8.42 Å². The molecule has 2 aromatic rings. The van der Waals surface area contributed by atoms with Gasteiger partial charge in [0.25, 0.3) is 5.91 Å². The number of hydrogen-bond donors (Lipinski definition) is 2. The second-order valence-corrected chi connectivity index (χ2v) is 8.36. The molecule has 0 bridgehead atoms. The van der Waals surface area contributed by atoms with Gasteiger partial charge in [0.15, 0.2) is 6.54 Å². The lowest BCUT2D eigenvalue weighted by Gasteiger charge is -2.31. The minimum Gasteiger partial charge on any atom is -0.497 e. The summed E-state index contributed by atoms with van der Waals surface area (Å²) in [6.45, 7) is 2.32. The van der Waals surface area contributed by atoms with Gasteiger partial charge >= 0.3 is 0 Å². The molecule has 144 valence electrons. The number of quaternary nitrogens is 1. The molecule has 2 N–H and O–H groups in total. The zero-order valence-corrected chi connectivity index (χ0v) is 16.0. The van der Waals surface area contributed by atoms with Crippen molar-refractivity contribution in [2.45, 2.75) is 4.90 Å². The topological polar surface area (TPSA) is 80.2 Å². The van der Waals surface area contributed by atoms with E-state index < -0.39 is 10.0 Å². The molecule has 27 heavy (non-hydrogen) atoms. The summed E-state index contributed by atoms with van der Waals surface area (Å²) < 4.78 is 31.9. The molecule has 0 atom stereocenters. The molecule has 1 amide bonds. The minimum absolute atomic E-state index is 0.0884. The van der Waals surface area contributed by atoms with Crippen molar-refractivity contribution in [1.82, 2.24) is 4.31 Å². The molecule has 0 radical (unpaired) electrons. The molecule has 0 aliphatic carbocycles. The van der Waals surface area contributed by atoms with Crippen LogP contribution in [0.2, 0.25) is 0 Å². The van der Waals surface area contributed by atoms with E-state index >= 15 is 0 Å². The first kappa shape index (κ1) is 19.3. The average molecular weight is 390 g/mol. The highest BCUT2D eigenvalue weighted by molar-refractivity contribution is 7.89. The summed E-state index contributed by atoms with van der Waals surface area (Å²) in [4.78, 5) is 13.6. The molecule has 1 fully saturated rings. The second-order valence-electron chi connectivity index (χ2n) is 6.42. The van der Waals surface area contributed by atoms with Crippen molar-refractivity contribution in [1.29, 1.82) is 0 Å². The number of methoxy groups -OCH3 is 1. The highest BCUT2D eigenvalue weighted by Gasteiger charge is 2.30. The van der Waals surface area contributed by atoms with Crippen LogP contribution in [-0.2, 0) is 14.8 Å². The van der Waals surface area contributed by atoms with Gasteiger partial charge in [-0.05, 0) is 36.4 Å². The number of nitrogens with zero attached hydrogens (tertiary/aromatic N) is 1. The van der Waals surface area contributed by atoms with E-state index in [1.165, 1.54) is 4.31 Å². The molecule has 1 heterocycles. The van der Waals surface area contributed by atoms with E-state index in [1.807, 2.05) is 0 Å². The van der Waals surface area contributed by atoms with Gasteiger partial charge in [0, 0.05) is 5.69 Å². The minimum atomic E-state index is -3.46. The standard InChI is InChI=1S/C19H23N3O4S/c1-26-17-9-7-16(8-10-17)20-19(23)15-21-11-13-22(14-12-21)27(24,25)18-5-3-2-4-6-18/h2-10H,11-15H2,1H3,(H,20,23)/p+1. The van der Waals surface area contributed by atoms with E-state index in [0.717, 1.165) is 10.6 Å². The lowest BCUT2D eigenvalue weighted by molar-refractivity contribution is -0.895. The quantitative estimate of drug-likeness (QED) is 0.740. The Hall–Kier alpha value is -2.42. The number of ether oxygens (including phenoxy) is 1. The molecule has 1 saturated heterocycles. The first-order valence-electron chi connectivity index (χ1n) is 8.82. The molecule has 1 aliphatic rings. The largest absolute Gasteiger partial charge is 0.497 e. The first-order chi connectivity index (χ1) is 13.0. The normalized spacial score (nSPS) is 16.0. The number of piperazine rings is 1. The fourth-order valence-electron chi connectivity index (χ4n) is 3.07. The van der Waals surface area contributed by atoms with Gasteiger partial charge < -0.3 is 15.0 Å². The predicted octanol–water partition coefficient (Wildman–Crippen LogP) is 0.223. The summed E-state index contributed by atoms with van der Waals surface area (Å²) in [6, 6.07) is 15.6. The monoisotopic (exact) mass is 390 g/mol. The zero-order chi connectivity index (χ0) is 19.3. The third-order valence-corrected chi connectivity index (χ3v) is 6.51.